The van der Waals surface area contributed by atoms with Gasteiger partial charge in [0.1, 0.15) is 0 Å². The molecule has 0 atom stereocenters. The molecule has 0 unspecified atom stereocenters. The first kappa shape index (κ1) is 13.1. The molecule has 0 aliphatic rings. The van der Waals surface area contributed by atoms with Crippen molar-refractivity contribution in [3.05, 3.63) is 36.0 Å². The van der Waals surface area contributed by atoms with E-state index in [1.54, 1.807) is 0 Å². The van der Waals surface area contributed by atoms with Gasteiger partial charge in [-0.15, -0.1) is 0 Å². The normalized spacial score (nSPS) is 12.2. The van der Waals surface area contributed by atoms with Crippen molar-refractivity contribution >= 4 is 10.9 Å². The highest BCUT2D eigenvalue weighted by Crippen LogP contribution is 2.31. The van der Waals surface area contributed by atoms with Crippen LogP contribution in [0.2, 0.25) is 0 Å². The van der Waals surface area contributed by atoms with Gasteiger partial charge in [-0.2, -0.15) is 0 Å². The van der Waals surface area contributed by atoms with E-state index in [4.69, 9.17) is 5.11 Å². The van der Waals surface area contributed by atoms with Crippen LogP contribution in [0.3, 0.4) is 0 Å². The average Bonchev–Trinajstić information content (AvgIpc) is 2.69. The lowest BCUT2D eigenvalue weighted by Gasteiger charge is -2.25. The number of aliphatic hydroxyl groups is 1. The highest BCUT2D eigenvalue weighted by Gasteiger charge is 2.24. The van der Waals surface area contributed by atoms with E-state index in [-0.39, 0.29) is 12.0 Å². The predicted octanol–water partition coefficient (Wildman–Crippen LogP) is 2.04. The number of fused-ring (bicyclic) bond motifs is 1. The minimum absolute atomic E-state index is 0.0516. The maximum absolute atomic E-state index is 8.84. The van der Waals surface area contributed by atoms with E-state index in [1.807, 2.05) is 0 Å². The van der Waals surface area contributed by atoms with E-state index in [0.717, 1.165) is 6.54 Å². The Morgan fingerprint density at radius 3 is 2.72 bits per heavy atom. The second-order valence-electron chi connectivity index (χ2n) is 5.46. The number of aryl methyl sites for hydroxylation is 1. The molecule has 0 radical (unpaired) electrons. The van der Waals surface area contributed by atoms with E-state index in [9.17, 15) is 0 Å². The third kappa shape index (κ3) is 2.42. The van der Waals surface area contributed by atoms with Gasteiger partial charge < -0.3 is 15.0 Å². The summed E-state index contributed by atoms with van der Waals surface area (Å²) in [6, 6.07) is 8.49. The summed E-state index contributed by atoms with van der Waals surface area (Å²) >= 11 is 0. The van der Waals surface area contributed by atoms with Gasteiger partial charge in [0.15, 0.2) is 0 Å². The third-order valence-electron chi connectivity index (χ3n) is 3.48. The van der Waals surface area contributed by atoms with Gasteiger partial charge in [0, 0.05) is 42.7 Å². The molecule has 2 N–H and O–H groups in total. The number of nitrogens with zero attached hydrogens (tertiary/aromatic N) is 1. The number of hydrogen-bond acceptors (Lipinski definition) is 2. The van der Waals surface area contributed by atoms with Gasteiger partial charge in [-0.05, 0) is 11.6 Å². The minimum Gasteiger partial charge on any atom is -0.395 e. The molecule has 0 aliphatic heterocycles. The summed E-state index contributed by atoms with van der Waals surface area (Å²) in [5.41, 5.74) is 2.67. The number of benzene rings is 1. The highest BCUT2D eigenvalue weighted by atomic mass is 16.3. The van der Waals surface area contributed by atoms with Crippen molar-refractivity contribution in [3.8, 4) is 0 Å². The number of aromatic nitrogens is 1. The second-order valence-corrected chi connectivity index (χ2v) is 5.46. The van der Waals surface area contributed by atoms with Crippen molar-refractivity contribution in [1.29, 1.82) is 0 Å². The largest absolute Gasteiger partial charge is 0.395 e. The molecule has 0 saturated heterocycles. The summed E-state index contributed by atoms with van der Waals surface area (Å²) in [5.74, 6) is 0. The van der Waals surface area contributed by atoms with Gasteiger partial charge >= 0.3 is 0 Å². The lowest BCUT2D eigenvalue weighted by molar-refractivity contribution is 0.287. The lowest BCUT2D eigenvalue weighted by Crippen LogP contribution is -2.34. The zero-order valence-corrected chi connectivity index (χ0v) is 11.4. The Labute approximate surface area is 108 Å². The van der Waals surface area contributed by atoms with Crippen LogP contribution in [0.5, 0.6) is 0 Å². The van der Waals surface area contributed by atoms with Gasteiger partial charge in [0.25, 0.3) is 0 Å². The maximum atomic E-state index is 8.84. The molecule has 0 spiro atoms. The first-order chi connectivity index (χ1) is 8.56. The van der Waals surface area contributed by atoms with Crippen molar-refractivity contribution < 1.29 is 5.11 Å². The Kier molecular flexibility index (Phi) is 3.73. The smallest absolute Gasteiger partial charge is 0.0555 e. The molecular weight excluding hydrogens is 224 g/mol. The standard InChI is InChI=1S/C15H22N2O/c1-15(2,11-16-8-9-18)13-10-17(3)14-7-5-4-6-12(13)14/h4-7,10,16,18H,8-9,11H2,1-3H3. The van der Waals surface area contributed by atoms with Crippen LogP contribution in [0.4, 0.5) is 0 Å². The molecule has 1 heterocycles. The molecule has 3 nitrogen and oxygen atoms in total. The van der Waals surface area contributed by atoms with Crippen LogP contribution in [0, 0.1) is 0 Å². The molecule has 0 aliphatic carbocycles. The molecule has 18 heavy (non-hydrogen) atoms. The summed E-state index contributed by atoms with van der Waals surface area (Å²) < 4.78 is 2.18. The zero-order valence-electron chi connectivity index (χ0n) is 11.4. The average molecular weight is 246 g/mol. The number of hydrogen-bond donors (Lipinski definition) is 2. The number of aliphatic hydroxyl groups excluding tert-OH is 1. The summed E-state index contributed by atoms with van der Waals surface area (Å²) in [6.07, 6.45) is 2.21. The Hall–Kier alpha value is -1.32. The molecular formula is C15H22N2O. The number of rotatable bonds is 5. The summed E-state index contributed by atoms with van der Waals surface area (Å²) in [5, 5.41) is 13.4. The Morgan fingerprint density at radius 1 is 1.28 bits per heavy atom. The molecule has 2 aromatic rings. The van der Waals surface area contributed by atoms with Crippen molar-refractivity contribution in [1.82, 2.24) is 9.88 Å². The molecule has 2 rings (SSSR count). The fraction of sp³-hybridized carbons (Fsp3) is 0.467. The fourth-order valence-corrected chi connectivity index (χ4v) is 2.46. The predicted molar refractivity (Wildman–Crippen MR) is 75.9 cm³/mol. The van der Waals surface area contributed by atoms with E-state index < -0.39 is 0 Å². The first-order valence-corrected chi connectivity index (χ1v) is 6.42. The lowest BCUT2D eigenvalue weighted by atomic mass is 9.84. The quantitative estimate of drug-likeness (QED) is 0.792. The van der Waals surface area contributed by atoms with Crippen LogP contribution >= 0.6 is 0 Å². The van der Waals surface area contributed by atoms with Crippen LogP contribution in [0.25, 0.3) is 10.9 Å². The van der Waals surface area contributed by atoms with Gasteiger partial charge in [-0.1, -0.05) is 32.0 Å². The van der Waals surface area contributed by atoms with E-state index >= 15 is 0 Å². The van der Waals surface area contributed by atoms with Crippen LogP contribution in [-0.4, -0.2) is 29.4 Å². The van der Waals surface area contributed by atoms with Gasteiger partial charge in [-0.3, -0.25) is 0 Å². The Balaban J connectivity index is 2.35. The number of para-hydroxylation sites is 1. The zero-order chi connectivity index (χ0) is 13.2. The van der Waals surface area contributed by atoms with E-state index in [1.165, 1.54) is 16.5 Å². The van der Waals surface area contributed by atoms with Crippen LogP contribution < -0.4 is 5.32 Å². The van der Waals surface area contributed by atoms with Crippen molar-refractivity contribution in [2.24, 2.45) is 7.05 Å². The molecule has 0 bridgehead atoms. The Bertz CT molecular complexity index is 528. The summed E-state index contributed by atoms with van der Waals surface area (Å²) in [6.45, 7) is 6.17. The van der Waals surface area contributed by atoms with Gasteiger partial charge in [0.05, 0.1) is 6.61 Å². The van der Waals surface area contributed by atoms with Crippen molar-refractivity contribution in [3.63, 3.8) is 0 Å². The topological polar surface area (TPSA) is 37.2 Å². The van der Waals surface area contributed by atoms with Crippen molar-refractivity contribution in [2.75, 3.05) is 19.7 Å². The SMILES string of the molecule is Cn1cc(C(C)(C)CNCCO)c2ccccc21. The van der Waals surface area contributed by atoms with Crippen LogP contribution in [0.1, 0.15) is 19.4 Å². The van der Waals surface area contributed by atoms with Gasteiger partial charge in [0.2, 0.25) is 0 Å². The monoisotopic (exact) mass is 246 g/mol. The third-order valence-corrected chi connectivity index (χ3v) is 3.48. The molecule has 0 fully saturated rings. The molecule has 98 valence electrons. The first-order valence-electron chi connectivity index (χ1n) is 6.42. The van der Waals surface area contributed by atoms with Crippen LogP contribution in [0.15, 0.2) is 30.5 Å². The van der Waals surface area contributed by atoms with E-state index in [2.05, 4.69) is 61.2 Å². The van der Waals surface area contributed by atoms with Crippen molar-refractivity contribution in [2.45, 2.75) is 19.3 Å². The molecule has 0 amide bonds. The molecule has 1 aromatic heterocycles. The number of nitrogens with one attached hydrogen (secondary N) is 1. The molecule has 3 heteroatoms. The van der Waals surface area contributed by atoms with Gasteiger partial charge in [-0.25, -0.2) is 0 Å². The van der Waals surface area contributed by atoms with E-state index in [0.29, 0.717) is 6.54 Å². The minimum atomic E-state index is 0.0516. The molecule has 0 saturated carbocycles. The van der Waals surface area contributed by atoms with Crippen LogP contribution in [-0.2, 0) is 12.5 Å². The second kappa shape index (κ2) is 5.12. The maximum Gasteiger partial charge on any atom is 0.0555 e. The summed E-state index contributed by atoms with van der Waals surface area (Å²) in [4.78, 5) is 0. The Morgan fingerprint density at radius 2 is 2.00 bits per heavy atom. The highest BCUT2D eigenvalue weighted by molar-refractivity contribution is 5.85. The fourth-order valence-electron chi connectivity index (χ4n) is 2.46. The molecule has 1 aromatic carbocycles. The summed E-state index contributed by atoms with van der Waals surface area (Å²) in [7, 11) is 2.09.